The number of nitrogens with one attached hydrogen (secondary N) is 2. The Balaban J connectivity index is 1.27. The molecule has 170 valence electrons. The molecule has 0 radical (unpaired) electrons. The first-order valence-electron chi connectivity index (χ1n) is 11.4. The van der Waals surface area contributed by atoms with Crippen molar-refractivity contribution in [2.24, 2.45) is 0 Å². The molecule has 0 spiro atoms. The second-order valence-corrected chi connectivity index (χ2v) is 9.18. The van der Waals surface area contributed by atoms with Gasteiger partial charge in [-0.25, -0.2) is 9.97 Å². The molecule has 0 saturated carbocycles. The van der Waals surface area contributed by atoms with Gasteiger partial charge in [0, 0.05) is 29.4 Å². The van der Waals surface area contributed by atoms with Crippen LogP contribution in [0.5, 0.6) is 0 Å². The van der Waals surface area contributed by atoms with E-state index in [1.54, 1.807) is 0 Å². The van der Waals surface area contributed by atoms with Crippen LogP contribution in [0, 0.1) is 0 Å². The number of hydrogen-bond acceptors (Lipinski definition) is 8. The van der Waals surface area contributed by atoms with Crippen LogP contribution in [0.3, 0.4) is 0 Å². The number of β-amino-alcohol motifs (C(OH)–C–C–N with tert-alkyl or cyclic N) is 1. The van der Waals surface area contributed by atoms with Crippen LogP contribution in [-0.2, 0) is 0 Å². The molecule has 1 aliphatic heterocycles. The van der Waals surface area contributed by atoms with E-state index in [1.807, 2.05) is 47.8 Å². The average Bonchev–Trinajstić information content (AvgIpc) is 3.31. The van der Waals surface area contributed by atoms with Crippen molar-refractivity contribution in [2.75, 3.05) is 36.8 Å². The van der Waals surface area contributed by atoms with Crippen LogP contribution in [0.25, 0.3) is 22.2 Å². The molecule has 3 heterocycles. The standard InChI is InChI=1S/C25H28N6OS/c32-19-10-6-14-31(16-19)15-7-13-26-23-20-11-4-5-12-21(20)27-24(29-23)30-25-28-22(17-33-25)18-8-2-1-3-9-18/h1-5,8-9,11-12,17,19,32H,6-7,10,13-16H2,(H2,26,27,28,29,30). The number of aromatic nitrogens is 3. The van der Waals surface area contributed by atoms with E-state index in [-0.39, 0.29) is 6.10 Å². The number of benzene rings is 2. The van der Waals surface area contributed by atoms with Crippen LogP contribution in [-0.4, -0.2) is 57.2 Å². The second kappa shape index (κ2) is 10.2. The number of aliphatic hydroxyl groups excluding tert-OH is 1. The zero-order valence-electron chi connectivity index (χ0n) is 18.4. The predicted octanol–water partition coefficient (Wildman–Crippen LogP) is 4.76. The van der Waals surface area contributed by atoms with Gasteiger partial charge in [0.05, 0.1) is 17.3 Å². The van der Waals surface area contributed by atoms with Crippen LogP contribution in [0.1, 0.15) is 19.3 Å². The molecule has 1 aliphatic rings. The Hall–Kier alpha value is -3.07. The lowest BCUT2D eigenvalue weighted by Gasteiger charge is -2.29. The SMILES string of the molecule is OC1CCCN(CCCNc2nc(Nc3nc(-c4ccccc4)cs3)nc3ccccc23)C1. The highest BCUT2D eigenvalue weighted by atomic mass is 32.1. The molecule has 0 amide bonds. The van der Waals surface area contributed by atoms with E-state index in [1.165, 1.54) is 11.3 Å². The number of anilines is 3. The fourth-order valence-corrected chi connectivity index (χ4v) is 4.89. The summed E-state index contributed by atoms with van der Waals surface area (Å²) in [6.07, 6.45) is 2.80. The Bertz CT molecular complexity index is 1200. The lowest BCUT2D eigenvalue weighted by atomic mass is 10.1. The van der Waals surface area contributed by atoms with Crippen LogP contribution < -0.4 is 10.6 Å². The topological polar surface area (TPSA) is 86.2 Å². The summed E-state index contributed by atoms with van der Waals surface area (Å²) in [6.45, 7) is 3.63. The summed E-state index contributed by atoms with van der Waals surface area (Å²) in [7, 11) is 0. The van der Waals surface area contributed by atoms with Crippen molar-refractivity contribution in [1.29, 1.82) is 0 Å². The van der Waals surface area contributed by atoms with E-state index >= 15 is 0 Å². The Morgan fingerprint density at radius 1 is 1.03 bits per heavy atom. The van der Waals surface area contributed by atoms with Gasteiger partial charge >= 0.3 is 0 Å². The minimum Gasteiger partial charge on any atom is -0.392 e. The molecule has 5 rings (SSSR count). The predicted molar refractivity (Wildman–Crippen MR) is 135 cm³/mol. The molecule has 0 bridgehead atoms. The zero-order valence-corrected chi connectivity index (χ0v) is 19.3. The van der Waals surface area contributed by atoms with Gasteiger partial charge in [-0.15, -0.1) is 11.3 Å². The molecule has 1 unspecified atom stereocenters. The number of piperidine rings is 1. The third-order valence-corrected chi connectivity index (χ3v) is 6.58. The van der Waals surface area contributed by atoms with Gasteiger partial charge < -0.3 is 15.3 Å². The summed E-state index contributed by atoms with van der Waals surface area (Å²) in [6, 6.07) is 18.2. The van der Waals surface area contributed by atoms with E-state index in [9.17, 15) is 5.11 Å². The molecule has 2 aromatic heterocycles. The summed E-state index contributed by atoms with van der Waals surface area (Å²) in [5.74, 6) is 1.35. The molecule has 1 fully saturated rings. The summed E-state index contributed by atoms with van der Waals surface area (Å²) in [4.78, 5) is 16.5. The number of para-hydroxylation sites is 1. The van der Waals surface area contributed by atoms with Crippen LogP contribution in [0.15, 0.2) is 60.0 Å². The number of rotatable bonds is 8. The maximum absolute atomic E-state index is 9.86. The summed E-state index contributed by atoms with van der Waals surface area (Å²) in [5.41, 5.74) is 2.91. The normalized spacial score (nSPS) is 16.7. The lowest BCUT2D eigenvalue weighted by Crippen LogP contribution is -2.39. The fourth-order valence-electron chi connectivity index (χ4n) is 4.18. The molecule has 3 N–H and O–H groups in total. The van der Waals surface area contributed by atoms with Crippen molar-refractivity contribution in [3.8, 4) is 11.3 Å². The molecule has 33 heavy (non-hydrogen) atoms. The Labute approximate surface area is 197 Å². The Morgan fingerprint density at radius 3 is 2.76 bits per heavy atom. The number of aliphatic hydroxyl groups is 1. The number of nitrogens with zero attached hydrogens (tertiary/aromatic N) is 4. The minimum atomic E-state index is -0.181. The highest BCUT2D eigenvalue weighted by molar-refractivity contribution is 7.14. The van der Waals surface area contributed by atoms with E-state index in [0.717, 1.165) is 78.6 Å². The minimum absolute atomic E-state index is 0.181. The average molecular weight is 461 g/mol. The van der Waals surface area contributed by atoms with Gasteiger partial charge in [0.2, 0.25) is 5.95 Å². The maximum Gasteiger partial charge on any atom is 0.231 e. The molecular formula is C25H28N6OS. The van der Waals surface area contributed by atoms with Gasteiger partial charge in [-0.1, -0.05) is 42.5 Å². The third kappa shape index (κ3) is 5.47. The van der Waals surface area contributed by atoms with Gasteiger partial charge in [-0.3, -0.25) is 5.32 Å². The van der Waals surface area contributed by atoms with Crippen molar-refractivity contribution < 1.29 is 5.11 Å². The quantitative estimate of drug-likeness (QED) is 0.327. The fraction of sp³-hybridized carbons (Fsp3) is 0.320. The summed E-state index contributed by atoms with van der Waals surface area (Å²) in [5, 5.41) is 20.4. The van der Waals surface area contributed by atoms with Gasteiger partial charge in [0.15, 0.2) is 5.13 Å². The molecular weight excluding hydrogens is 432 g/mol. The van der Waals surface area contributed by atoms with E-state index in [2.05, 4.69) is 27.7 Å². The highest BCUT2D eigenvalue weighted by Gasteiger charge is 2.17. The van der Waals surface area contributed by atoms with Gasteiger partial charge in [0.25, 0.3) is 0 Å². The van der Waals surface area contributed by atoms with Crippen LogP contribution in [0.4, 0.5) is 16.9 Å². The third-order valence-electron chi connectivity index (χ3n) is 5.82. The van der Waals surface area contributed by atoms with Crippen molar-refractivity contribution in [1.82, 2.24) is 19.9 Å². The number of fused-ring (bicyclic) bond motifs is 1. The largest absolute Gasteiger partial charge is 0.392 e. The van der Waals surface area contributed by atoms with E-state index < -0.39 is 0 Å². The van der Waals surface area contributed by atoms with Gasteiger partial charge in [-0.2, -0.15) is 4.98 Å². The molecule has 4 aromatic rings. The zero-order chi connectivity index (χ0) is 22.5. The van der Waals surface area contributed by atoms with E-state index in [0.29, 0.717) is 5.95 Å². The molecule has 2 aromatic carbocycles. The van der Waals surface area contributed by atoms with Crippen molar-refractivity contribution in [3.63, 3.8) is 0 Å². The van der Waals surface area contributed by atoms with E-state index in [4.69, 9.17) is 15.0 Å². The first-order chi connectivity index (χ1) is 16.2. The molecule has 7 nitrogen and oxygen atoms in total. The maximum atomic E-state index is 9.86. The van der Waals surface area contributed by atoms with Crippen molar-refractivity contribution in [3.05, 3.63) is 60.0 Å². The summed E-state index contributed by atoms with van der Waals surface area (Å²) < 4.78 is 0. The molecule has 1 atom stereocenters. The van der Waals surface area contributed by atoms with Gasteiger partial charge in [-0.05, 0) is 44.5 Å². The number of thiazole rings is 1. The highest BCUT2D eigenvalue weighted by Crippen LogP contribution is 2.28. The smallest absolute Gasteiger partial charge is 0.231 e. The molecule has 1 saturated heterocycles. The summed E-state index contributed by atoms with van der Waals surface area (Å²) >= 11 is 1.54. The first-order valence-corrected chi connectivity index (χ1v) is 12.3. The first kappa shape index (κ1) is 21.8. The van der Waals surface area contributed by atoms with Crippen molar-refractivity contribution in [2.45, 2.75) is 25.4 Å². The molecule has 8 heteroatoms. The lowest BCUT2D eigenvalue weighted by molar-refractivity contribution is 0.0706. The number of likely N-dealkylation sites (tertiary alicyclic amines) is 1. The molecule has 0 aliphatic carbocycles. The number of hydrogen-bond donors (Lipinski definition) is 3. The van der Waals surface area contributed by atoms with Gasteiger partial charge in [0.1, 0.15) is 5.82 Å². The second-order valence-electron chi connectivity index (χ2n) is 8.32. The van der Waals surface area contributed by atoms with Crippen molar-refractivity contribution >= 4 is 39.1 Å². The van der Waals surface area contributed by atoms with Crippen LogP contribution in [0.2, 0.25) is 0 Å². The Morgan fingerprint density at radius 2 is 1.88 bits per heavy atom. The Kier molecular flexibility index (Phi) is 6.76. The monoisotopic (exact) mass is 460 g/mol. The van der Waals surface area contributed by atoms with Crippen LogP contribution >= 0.6 is 11.3 Å².